The molecule has 0 saturated carbocycles. The number of aliphatic hydroxyl groups excluding tert-OH is 1. The summed E-state index contributed by atoms with van der Waals surface area (Å²) in [7, 11) is 0. The van der Waals surface area contributed by atoms with E-state index in [-0.39, 0.29) is 18.1 Å². The average molecular weight is 238 g/mol. The zero-order chi connectivity index (χ0) is 13.0. The number of hydrogen-bond acceptors (Lipinski definition) is 4. The Balaban J connectivity index is 2.83. The number of aliphatic hydroxyl groups is 1. The second-order valence-corrected chi connectivity index (χ2v) is 3.82. The Kier molecular flexibility index (Phi) is 4.17. The first-order chi connectivity index (χ1) is 7.91. The molecule has 1 unspecified atom stereocenters. The summed E-state index contributed by atoms with van der Waals surface area (Å²) >= 11 is 0. The molecule has 0 aliphatic carbocycles. The summed E-state index contributed by atoms with van der Waals surface area (Å²) in [6.45, 7) is 3.28. The number of hydrogen-bond donors (Lipinski definition) is 2. The number of rotatable bonds is 4. The van der Waals surface area contributed by atoms with Crippen LogP contribution in [0.2, 0.25) is 0 Å². The molecule has 1 aromatic carbocycles. The van der Waals surface area contributed by atoms with Gasteiger partial charge in [-0.1, -0.05) is 0 Å². The second kappa shape index (κ2) is 5.40. The number of benzene rings is 1. The van der Waals surface area contributed by atoms with Gasteiger partial charge in [-0.25, -0.2) is 0 Å². The van der Waals surface area contributed by atoms with E-state index in [0.717, 1.165) is 0 Å². The molecule has 0 aromatic heterocycles. The molecule has 0 aliphatic heterocycles. The average Bonchev–Trinajstić information content (AvgIpc) is 2.25. The van der Waals surface area contributed by atoms with Crippen molar-refractivity contribution < 1.29 is 14.8 Å². The third kappa shape index (κ3) is 3.53. The van der Waals surface area contributed by atoms with Gasteiger partial charge >= 0.3 is 0 Å². The summed E-state index contributed by atoms with van der Waals surface area (Å²) in [4.78, 5) is 21.7. The fourth-order valence-electron chi connectivity index (χ4n) is 1.34. The van der Waals surface area contributed by atoms with E-state index in [1.54, 1.807) is 13.8 Å². The summed E-state index contributed by atoms with van der Waals surface area (Å²) in [5.74, 6) is -0.358. The third-order valence-electron chi connectivity index (χ3n) is 2.21. The van der Waals surface area contributed by atoms with Crippen LogP contribution in [0.25, 0.3) is 0 Å². The van der Waals surface area contributed by atoms with Crippen LogP contribution in [-0.2, 0) is 0 Å². The van der Waals surface area contributed by atoms with Gasteiger partial charge in [0.15, 0.2) is 0 Å². The molecule has 1 aromatic rings. The Hall–Kier alpha value is -1.95. The van der Waals surface area contributed by atoms with Gasteiger partial charge in [-0.15, -0.1) is 0 Å². The van der Waals surface area contributed by atoms with Crippen molar-refractivity contribution in [1.29, 1.82) is 0 Å². The Morgan fingerprint density at radius 1 is 1.59 bits per heavy atom. The van der Waals surface area contributed by atoms with Crippen LogP contribution in [-0.4, -0.2) is 28.6 Å². The molecule has 92 valence electrons. The van der Waals surface area contributed by atoms with Gasteiger partial charge in [0.05, 0.1) is 11.0 Å². The largest absolute Gasteiger partial charge is 0.392 e. The molecule has 6 heteroatoms. The number of nitrogens with zero attached hydrogens (tertiary/aromatic N) is 1. The molecule has 1 atom stereocenters. The van der Waals surface area contributed by atoms with E-state index in [9.17, 15) is 14.9 Å². The van der Waals surface area contributed by atoms with Crippen molar-refractivity contribution >= 4 is 11.6 Å². The first-order valence-corrected chi connectivity index (χ1v) is 5.13. The molecule has 0 saturated heterocycles. The Morgan fingerprint density at radius 3 is 2.71 bits per heavy atom. The van der Waals surface area contributed by atoms with Gasteiger partial charge in [-0.05, 0) is 26.0 Å². The number of aryl methyl sites for hydroxylation is 1. The highest BCUT2D eigenvalue weighted by molar-refractivity contribution is 5.94. The smallest absolute Gasteiger partial charge is 0.272 e. The molecule has 2 N–H and O–H groups in total. The van der Waals surface area contributed by atoms with E-state index in [2.05, 4.69) is 5.32 Å². The number of carbonyl (C=O) groups is 1. The molecule has 0 spiro atoms. The maximum absolute atomic E-state index is 11.6. The van der Waals surface area contributed by atoms with Crippen LogP contribution in [0.15, 0.2) is 18.2 Å². The van der Waals surface area contributed by atoms with Crippen LogP contribution < -0.4 is 5.32 Å². The Bertz CT molecular complexity index is 443. The Labute approximate surface area is 98.4 Å². The molecule has 1 amide bonds. The zero-order valence-electron chi connectivity index (χ0n) is 9.64. The van der Waals surface area contributed by atoms with Gasteiger partial charge < -0.3 is 10.4 Å². The summed E-state index contributed by atoms with van der Waals surface area (Å²) in [6, 6.07) is 4.14. The molecule has 0 radical (unpaired) electrons. The maximum Gasteiger partial charge on any atom is 0.272 e. The van der Waals surface area contributed by atoms with Crippen LogP contribution >= 0.6 is 0 Å². The van der Waals surface area contributed by atoms with Crippen LogP contribution in [0.3, 0.4) is 0 Å². The topological polar surface area (TPSA) is 92.5 Å². The lowest BCUT2D eigenvalue weighted by Crippen LogP contribution is -2.30. The van der Waals surface area contributed by atoms with E-state index in [0.29, 0.717) is 11.1 Å². The van der Waals surface area contributed by atoms with Crippen molar-refractivity contribution in [3.8, 4) is 0 Å². The predicted octanol–water partition coefficient (Wildman–Crippen LogP) is 1.01. The van der Waals surface area contributed by atoms with E-state index in [1.807, 2.05) is 0 Å². The van der Waals surface area contributed by atoms with Crippen LogP contribution in [0, 0.1) is 17.0 Å². The number of carbonyl (C=O) groups excluding carboxylic acids is 1. The molecule has 0 bridgehead atoms. The van der Waals surface area contributed by atoms with Gasteiger partial charge in [0, 0.05) is 23.7 Å². The predicted molar refractivity (Wildman–Crippen MR) is 61.8 cm³/mol. The SMILES string of the molecule is Cc1cc(C(=O)NCC(C)O)ccc1[N+](=O)[O-]. The molecule has 6 nitrogen and oxygen atoms in total. The molecular formula is C11H14N2O4. The minimum Gasteiger partial charge on any atom is -0.392 e. The molecule has 0 aliphatic rings. The van der Waals surface area contributed by atoms with Gasteiger partial charge in [0.25, 0.3) is 11.6 Å². The Morgan fingerprint density at radius 2 is 2.24 bits per heavy atom. The summed E-state index contributed by atoms with van der Waals surface area (Å²) in [5.41, 5.74) is 0.755. The van der Waals surface area contributed by atoms with Crippen molar-refractivity contribution in [1.82, 2.24) is 5.32 Å². The first-order valence-electron chi connectivity index (χ1n) is 5.13. The lowest BCUT2D eigenvalue weighted by Gasteiger charge is -2.07. The lowest BCUT2D eigenvalue weighted by molar-refractivity contribution is -0.385. The number of amides is 1. The van der Waals surface area contributed by atoms with Crippen LogP contribution in [0.1, 0.15) is 22.8 Å². The normalized spacial score (nSPS) is 11.9. The van der Waals surface area contributed by atoms with Crippen LogP contribution in [0.4, 0.5) is 5.69 Å². The van der Waals surface area contributed by atoms with Crippen molar-refractivity contribution in [2.75, 3.05) is 6.54 Å². The monoisotopic (exact) mass is 238 g/mol. The summed E-state index contributed by atoms with van der Waals surface area (Å²) in [5, 5.41) is 22.1. The number of nitro groups is 1. The minimum atomic E-state index is -0.627. The highest BCUT2D eigenvalue weighted by Crippen LogP contribution is 2.18. The third-order valence-corrected chi connectivity index (χ3v) is 2.21. The first kappa shape index (κ1) is 13.1. The number of nitrogens with one attached hydrogen (secondary N) is 1. The molecular weight excluding hydrogens is 224 g/mol. The fourth-order valence-corrected chi connectivity index (χ4v) is 1.34. The van der Waals surface area contributed by atoms with Gasteiger partial charge in [-0.3, -0.25) is 14.9 Å². The van der Waals surface area contributed by atoms with Gasteiger partial charge in [0.1, 0.15) is 0 Å². The van der Waals surface area contributed by atoms with E-state index >= 15 is 0 Å². The van der Waals surface area contributed by atoms with Gasteiger partial charge in [0.2, 0.25) is 0 Å². The van der Waals surface area contributed by atoms with E-state index in [4.69, 9.17) is 5.11 Å². The highest BCUT2D eigenvalue weighted by Gasteiger charge is 2.13. The number of nitro benzene ring substituents is 1. The summed E-state index contributed by atoms with van der Waals surface area (Å²) in [6.07, 6.45) is -0.627. The van der Waals surface area contributed by atoms with Crippen molar-refractivity contribution in [3.63, 3.8) is 0 Å². The van der Waals surface area contributed by atoms with Crippen molar-refractivity contribution in [3.05, 3.63) is 39.4 Å². The van der Waals surface area contributed by atoms with Crippen molar-refractivity contribution in [2.45, 2.75) is 20.0 Å². The quantitative estimate of drug-likeness (QED) is 0.605. The van der Waals surface area contributed by atoms with Crippen molar-refractivity contribution in [2.24, 2.45) is 0 Å². The molecule has 0 heterocycles. The maximum atomic E-state index is 11.6. The molecule has 1 rings (SSSR count). The second-order valence-electron chi connectivity index (χ2n) is 3.82. The zero-order valence-corrected chi connectivity index (χ0v) is 9.64. The van der Waals surface area contributed by atoms with E-state index in [1.165, 1.54) is 18.2 Å². The highest BCUT2D eigenvalue weighted by atomic mass is 16.6. The lowest BCUT2D eigenvalue weighted by atomic mass is 10.1. The van der Waals surface area contributed by atoms with E-state index < -0.39 is 11.0 Å². The molecule has 0 fully saturated rings. The fraction of sp³-hybridized carbons (Fsp3) is 0.364. The van der Waals surface area contributed by atoms with Gasteiger partial charge in [-0.2, -0.15) is 0 Å². The minimum absolute atomic E-state index is 0.0166. The van der Waals surface area contributed by atoms with Crippen LogP contribution in [0.5, 0.6) is 0 Å². The summed E-state index contributed by atoms with van der Waals surface area (Å²) < 4.78 is 0. The standard InChI is InChI=1S/C11H14N2O4/c1-7-5-9(3-4-10(7)13(16)17)11(15)12-6-8(2)14/h3-5,8,14H,6H2,1-2H3,(H,12,15). The molecule has 17 heavy (non-hydrogen) atoms.